The highest BCUT2D eigenvalue weighted by Crippen LogP contribution is 2.22. The molecule has 0 spiro atoms. The molecule has 0 saturated heterocycles. The van der Waals surface area contributed by atoms with Gasteiger partial charge in [0.1, 0.15) is 5.82 Å². The van der Waals surface area contributed by atoms with Crippen molar-refractivity contribution in [2.45, 2.75) is 26.5 Å². The Morgan fingerprint density at radius 1 is 1.39 bits per heavy atom. The number of nitrogen functional groups attached to an aromatic ring is 1. The number of aromatic nitrogens is 1. The van der Waals surface area contributed by atoms with Gasteiger partial charge in [-0.3, -0.25) is 0 Å². The molecule has 0 bridgehead atoms. The van der Waals surface area contributed by atoms with Crippen LogP contribution in [0.2, 0.25) is 0 Å². The molecule has 18 heavy (non-hydrogen) atoms. The fraction of sp³-hybridized carbons (Fsp3) is 0.308. The topological polar surface area (TPSA) is 73.3 Å². The minimum absolute atomic E-state index is 0.0453. The molecule has 96 valence electrons. The van der Waals surface area contributed by atoms with E-state index in [9.17, 15) is 0 Å². The maximum absolute atomic E-state index is 5.80. The van der Waals surface area contributed by atoms with Gasteiger partial charge in [-0.05, 0) is 32.0 Å². The van der Waals surface area contributed by atoms with Crippen LogP contribution in [-0.4, -0.2) is 11.1 Å². The molecule has 0 aliphatic carbocycles. The summed E-state index contributed by atoms with van der Waals surface area (Å²) < 4.78 is 10.5. The van der Waals surface area contributed by atoms with E-state index in [0.29, 0.717) is 18.1 Å². The van der Waals surface area contributed by atoms with E-state index in [4.69, 9.17) is 14.9 Å². The third kappa shape index (κ3) is 3.16. The summed E-state index contributed by atoms with van der Waals surface area (Å²) >= 11 is 0. The smallest absolute Gasteiger partial charge is 0.239 e. The zero-order chi connectivity index (χ0) is 13.0. The van der Waals surface area contributed by atoms with Crippen molar-refractivity contribution in [2.75, 3.05) is 11.1 Å². The third-order valence-electron chi connectivity index (χ3n) is 2.29. The van der Waals surface area contributed by atoms with Gasteiger partial charge in [0.15, 0.2) is 0 Å². The lowest BCUT2D eigenvalue weighted by Gasteiger charge is -2.12. The van der Waals surface area contributed by atoms with E-state index in [1.807, 2.05) is 26.0 Å². The normalized spacial score (nSPS) is 10.6. The first-order valence-electron chi connectivity index (χ1n) is 5.83. The summed E-state index contributed by atoms with van der Waals surface area (Å²) in [7, 11) is 0. The highest BCUT2D eigenvalue weighted by Gasteiger charge is 2.06. The van der Waals surface area contributed by atoms with E-state index >= 15 is 0 Å². The highest BCUT2D eigenvalue weighted by atomic mass is 16.5. The van der Waals surface area contributed by atoms with Crippen molar-refractivity contribution in [3.63, 3.8) is 0 Å². The predicted molar refractivity (Wildman–Crippen MR) is 70.4 cm³/mol. The van der Waals surface area contributed by atoms with E-state index in [1.54, 1.807) is 18.6 Å². The molecule has 2 heterocycles. The molecular formula is C13H17N3O2. The number of nitrogens with one attached hydrogen (secondary N) is 1. The molecule has 2 aromatic rings. The summed E-state index contributed by atoms with van der Waals surface area (Å²) in [6, 6.07) is 5.50. The van der Waals surface area contributed by atoms with Crippen LogP contribution in [0, 0.1) is 0 Å². The molecule has 0 saturated carbocycles. The molecule has 0 atom stereocenters. The summed E-state index contributed by atoms with van der Waals surface area (Å²) in [4.78, 5) is 4.32. The van der Waals surface area contributed by atoms with Gasteiger partial charge in [-0.15, -0.1) is 0 Å². The van der Waals surface area contributed by atoms with Crippen molar-refractivity contribution < 1.29 is 9.15 Å². The van der Waals surface area contributed by atoms with Crippen molar-refractivity contribution in [1.29, 1.82) is 0 Å². The van der Waals surface area contributed by atoms with E-state index < -0.39 is 0 Å². The number of anilines is 2. The minimum Gasteiger partial charge on any atom is -0.473 e. The van der Waals surface area contributed by atoms with E-state index in [0.717, 1.165) is 11.4 Å². The molecule has 0 unspecified atom stereocenters. The minimum atomic E-state index is 0.0453. The Labute approximate surface area is 106 Å². The van der Waals surface area contributed by atoms with Crippen molar-refractivity contribution in [2.24, 2.45) is 0 Å². The van der Waals surface area contributed by atoms with Gasteiger partial charge in [-0.2, -0.15) is 4.98 Å². The van der Waals surface area contributed by atoms with Crippen molar-refractivity contribution in [1.82, 2.24) is 4.98 Å². The molecule has 0 aromatic carbocycles. The Balaban J connectivity index is 2.04. The zero-order valence-electron chi connectivity index (χ0n) is 10.5. The van der Waals surface area contributed by atoms with E-state index in [-0.39, 0.29) is 6.10 Å². The summed E-state index contributed by atoms with van der Waals surface area (Å²) in [5, 5.41) is 3.18. The SMILES string of the molecule is CC(C)Oc1nc(NCc2ccoc2)ccc1N. The number of hydrogen-bond acceptors (Lipinski definition) is 5. The van der Waals surface area contributed by atoms with Gasteiger partial charge < -0.3 is 20.2 Å². The molecular weight excluding hydrogens is 230 g/mol. The van der Waals surface area contributed by atoms with E-state index in [2.05, 4.69) is 10.3 Å². The lowest BCUT2D eigenvalue weighted by atomic mass is 10.3. The quantitative estimate of drug-likeness (QED) is 0.849. The Kier molecular flexibility index (Phi) is 3.72. The second-order valence-electron chi connectivity index (χ2n) is 4.24. The predicted octanol–water partition coefficient (Wildman–Crippen LogP) is 2.66. The first-order valence-corrected chi connectivity index (χ1v) is 5.83. The molecule has 0 aliphatic rings. The van der Waals surface area contributed by atoms with Gasteiger partial charge in [0.2, 0.25) is 5.88 Å². The van der Waals surface area contributed by atoms with Gasteiger partial charge in [-0.25, -0.2) is 0 Å². The fourth-order valence-corrected chi connectivity index (χ4v) is 1.45. The monoisotopic (exact) mass is 247 g/mol. The van der Waals surface area contributed by atoms with Crippen LogP contribution >= 0.6 is 0 Å². The first kappa shape index (κ1) is 12.3. The fourth-order valence-electron chi connectivity index (χ4n) is 1.45. The largest absolute Gasteiger partial charge is 0.473 e. The molecule has 2 rings (SSSR count). The number of rotatable bonds is 5. The number of nitrogens with zero attached hydrogens (tertiary/aromatic N) is 1. The lowest BCUT2D eigenvalue weighted by Crippen LogP contribution is -2.10. The van der Waals surface area contributed by atoms with Crippen LogP contribution in [0.1, 0.15) is 19.4 Å². The Hall–Kier alpha value is -2.17. The average molecular weight is 247 g/mol. The van der Waals surface area contributed by atoms with Crippen LogP contribution in [0.15, 0.2) is 35.1 Å². The number of nitrogens with two attached hydrogens (primary N) is 1. The van der Waals surface area contributed by atoms with Crippen molar-refractivity contribution in [3.8, 4) is 5.88 Å². The maximum atomic E-state index is 5.80. The number of furan rings is 1. The molecule has 0 radical (unpaired) electrons. The number of ether oxygens (including phenoxy) is 1. The summed E-state index contributed by atoms with van der Waals surface area (Å²) in [5.41, 5.74) is 7.39. The Morgan fingerprint density at radius 2 is 2.22 bits per heavy atom. The summed E-state index contributed by atoms with van der Waals surface area (Å²) in [5.74, 6) is 1.18. The van der Waals surface area contributed by atoms with Crippen LogP contribution in [0.5, 0.6) is 5.88 Å². The summed E-state index contributed by atoms with van der Waals surface area (Å²) in [6.07, 6.45) is 3.38. The van der Waals surface area contributed by atoms with Gasteiger partial charge >= 0.3 is 0 Å². The van der Waals surface area contributed by atoms with Gasteiger partial charge in [0.05, 0.1) is 24.3 Å². The second kappa shape index (κ2) is 5.44. The molecule has 5 nitrogen and oxygen atoms in total. The lowest BCUT2D eigenvalue weighted by molar-refractivity contribution is 0.234. The van der Waals surface area contributed by atoms with Crippen molar-refractivity contribution in [3.05, 3.63) is 36.3 Å². The van der Waals surface area contributed by atoms with Gasteiger partial charge in [0, 0.05) is 12.1 Å². The van der Waals surface area contributed by atoms with E-state index in [1.165, 1.54) is 0 Å². The van der Waals surface area contributed by atoms with Crippen LogP contribution in [-0.2, 0) is 6.54 Å². The molecule has 0 aliphatic heterocycles. The van der Waals surface area contributed by atoms with Gasteiger partial charge in [-0.1, -0.05) is 0 Å². The third-order valence-corrected chi connectivity index (χ3v) is 2.29. The molecule has 0 fully saturated rings. The number of pyridine rings is 1. The average Bonchev–Trinajstić information content (AvgIpc) is 2.82. The molecule has 0 amide bonds. The van der Waals surface area contributed by atoms with Crippen LogP contribution in [0.4, 0.5) is 11.5 Å². The molecule has 3 N–H and O–H groups in total. The first-order chi connectivity index (χ1) is 8.65. The highest BCUT2D eigenvalue weighted by molar-refractivity contribution is 5.53. The Bertz CT molecular complexity index is 495. The zero-order valence-corrected chi connectivity index (χ0v) is 10.5. The number of hydrogen-bond donors (Lipinski definition) is 2. The van der Waals surface area contributed by atoms with Crippen LogP contribution < -0.4 is 15.8 Å². The second-order valence-corrected chi connectivity index (χ2v) is 4.24. The van der Waals surface area contributed by atoms with Gasteiger partial charge in [0.25, 0.3) is 0 Å². The standard InChI is InChI=1S/C13H17N3O2/c1-9(2)18-13-11(14)3-4-12(16-13)15-7-10-5-6-17-8-10/h3-6,8-9H,7,14H2,1-2H3,(H,15,16). The summed E-state index contributed by atoms with van der Waals surface area (Å²) in [6.45, 7) is 4.52. The molecule has 2 aromatic heterocycles. The van der Waals surface area contributed by atoms with Crippen LogP contribution in [0.25, 0.3) is 0 Å². The maximum Gasteiger partial charge on any atom is 0.239 e. The molecule has 5 heteroatoms. The van der Waals surface area contributed by atoms with Crippen molar-refractivity contribution >= 4 is 11.5 Å². The Morgan fingerprint density at radius 3 is 2.89 bits per heavy atom. The van der Waals surface area contributed by atoms with Crippen LogP contribution in [0.3, 0.4) is 0 Å².